The number of hydrogen-bond donors (Lipinski definition) is 1. The lowest BCUT2D eigenvalue weighted by molar-refractivity contribution is -0.184. The maximum atomic E-state index is 15.5. The summed E-state index contributed by atoms with van der Waals surface area (Å²) in [5.74, 6) is -2.14. The standard InChI is InChI=1S/C29H28F3N3O3/c1-16-11-12-20(13-17(16)2)34-21-14-27(4,5)15-22(36)24(21)28(26(34)38,29(30,31)32)23-18(3)33-35(25(23)37)19-9-7-6-8-10-19/h6-13,33H,14-15H2,1-5H3. The van der Waals surface area contributed by atoms with Crippen LogP contribution in [0.4, 0.5) is 18.9 Å². The lowest BCUT2D eigenvalue weighted by Crippen LogP contribution is -2.55. The molecule has 2 heterocycles. The highest BCUT2D eigenvalue weighted by molar-refractivity contribution is 6.20. The van der Waals surface area contributed by atoms with Crippen LogP contribution in [0.5, 0.6) is 0 Å². The molecule has 2 aromatic carbocycles. The molecule has 1 atom stereocenters. The van der Waals surface area contributed by atoms with Gasteiger partial charge in [-0.15, -0.1) is 0 Å². The summed E-state index contributed by atoms with van der Waals surface area (Å²) in [5, 5.41) is 2.72. The Morgan fingerprint density at radius 3 is 2.13 bits per heavy atom. The molecule has 9 heteroatoms. The van der Waals surface area contributed by atoms with Gasteiger partial charge in [-0.25, -0.2) is 4.68 Å². The third kappa shape index (κ3) is 3.51. The van der Waals surface area contributed by atoms with E-state index < -0.39 is 45.4 Å². The Bertz CT molecular complexity index is 1580. The smallest absolute Gasteiger partial charge is 0.295 e. The van der Waals surface area contributed by atoms with Gasteiger partial charge >= 0.3 is 6.18 Å². The molecule has 0 bridgehead atoms. The van der Waals surface area contributed by atoms with Gasteiger partial charge < -0.3 is 0 Å². The third-order valence-corrected chi connectivity index (χ3v) is 7.66. The molecule has 0 spiro atoms. The lowest BCUT2D eigenvalue weighted by Gasteiger charge is -2.35. The molecule has 0 saturated heterocycles. The molecule has 38 heavy (non-hydrogen) atoms. The van der Waals surface area contributed by atoms with Gasteiger partial charge in [-0.1, -0.05) is 38.1 Å². The highest BCUT2D eigenvalue weighted by atomic mass is 19.4. The Labute approximate surface area is 217 Å². The number of rotatable bonds is 3. The summed E-state index contributed by atoms with van der Waals surface area (Å²) in [6, 6.07) is 13.1. The van der Waals surface area contributed by atoms with Gasteiger partial charge in [0.05, 0.1) is 11.3 Å². The average Bonchev–Trinajstić information content (AvgIpc) is 3.25. The number of carbonyl (C=O) groups excluding carboxylic acids is 2. The summed E-state index contributed by atoms with van der Waals surface area (Å²) in [6.07, 6.45) is -5.37. The second-order valence-electron chi connectivity index (χ2n) is 11.0. The Morgan fingerprint density at radius 1 is 0.868 bits per heavy atom. The van der Waals surface area contributed by atoms with Crippen molar-refractivity contribution in [3.63, 3.8) is 0 Å². The Hall–Kier alpha value is -3.88. The van der Waals surface area contributed by atoms with Gasteiger partial charge in [0, 0.05) is 29.1 Å². The number of aromatic amines is 1. The first-order chi connectivity index (χ1) is 17.7. The van der Waals surface area contributed by atoms with Crippen LogP contribution in [0.15, 0.2) is 64.6 Å². The van der Waals surface area contributed by atoms with Crippen molar-refractivity contribution in [2.45, 2.75) is 59.1 Å². The minimum absolute atomic E-state index is 0.00286. The van der Waals surface area contributed by atoms with E-state index in [-0.39, 0.29) is 29.9 Å². The minimum Gasteiger partial charge on any atom is -0.295 e. The number of allylic oxidation sites excluding steroid dienone is 1. The van der Waals surface area contributed by atoms with Crippen molar-refractivity contribution in [3.05, 3.63) is 92.5 Å². The minimum atomic E-state index is -5.27. The van der Waals surface area contributed by atoms with E-state index in [9.17, 15) is 14.4 Å². The number of H-pyrrole nitrogens is 1. The molecule has 6 nitrogen and oxygen atoms in total. The molecule has 0 saturated carbocycles. The summed E-state index contributed by atoms with van der Waals surface area (Å²) in [7, 11) is 0. The van der Waals surface area contributed by atoms with Crippen molar-refractivity contribution in [3.8, 4) is 5.69 Å². The number of anilines is 1. The second kappa shape index (κ2) is 8.31. The number of nitrogens with one attached hydrogen (secondary N) is 1. The Kier molecular flexibility index (Phi) is 5.63. The molecular weight excluding hydrogens is 495 g/mol. The Balaban J connectivity index is 1.88. The summed E-state index contributed by atoms with van der Waals surface area (Å²) in [6.45, 7) is 8.56. The van der Waals surface area contributed by atoms with E-state index in [1.54, 1.807) is 69.3 Å². The van der Waals surface area contributed by atoms with E-state index in [1.807, 2.05) is 6.92 Å². The van der Waals surface area contributed by atoms with Gasteiger partial charge in [0.15, 0.2) is 5.78 Å². The largest absolute Gasteiger partial charge is 0.411 e. The normalized spacial score (nSPS) is 21.3. The highest BCUT2D eigenvalue weighted by Gasteiger charge is 2.73. The van der Waals surface area contributed by atoms with E-state index in [2.05, 4.69) is 5.10 Å². The molecule has 1 aromatic heterocycles. The number of Topliss-reactive ketones (excluding diaryl/α,β-unsaturated/α-hetero) is 1. The quantitative estimate of drug-likeness (QED) is 0.487. The maximum Gasteiger partial charge on any atom is 0.411 e. The summed E-state index contributed by atoms with van der Waals surface area (Å²) < 4.78 is 47.5. The number of nitrogens with zero attached hydrogens (tertiary/aromatic N) is 2. The zero-order valence-electron chi connectivity index (χ0n) is 21.8. The van der Waals surface area contributed by atoms with Gasteiger partial charge in [0.25, 0.3) is 11.5 Å². The van der Waals surface area contributed by atoms with E-state index in [1.165, 1.54) is 6.92 Å². The van der Waals surface area contributed by atoms with Gasteiger partial charge in [0.2, 0.25) is 5.41 Å². The van der Waals surface area contributed by atoms with Gasteiger partial charge in [0.1, 0.15) is 0 Å². The third-order valence-electron chi connectivity index (χ3n) is 7.66. The molecule has 2 aliphatic rings. The lowest BCUT2D eigenvalue weighted by atomic mass is 9.66. The van der Waals surface area contributed by atoms with Crippen molar-refractivity contribution in [2.24, 2.45) is 5.41 Å². The van der Waals surface area contributed by atoms with Crippen LogP contribution in [-0.2, 0) is 15.0 Å². The monoisotopic (exact) mass is 523 g/mol. The maximum absolute atomic E-state index is 15.5. The van der Waals surface area contributed by atoms with Crippen LogP contribution in [0.2, 0.25) is 0 Å². The van der Waals surface area contributed by atoms with Crippen molar-refractivity contribution in [1.82, 2.24) is 9.78 Å². The number of ketones is 1. The average molecular weight is 524 g/mol. The van der Waals surface area contributed by atoms with E-state index in [4.69, 9.17) is 0 Å². The van der Waals surface area contributed by atoms with Gasteiger partial charge in [-0.2, -0.15) is 13.2 Å². The van der Waals surface area contributed by atoms with Gasteiger partial charge in [-0.3, -0.25) is 24.4 Å². The van der Waals surface area contributed by atoms with Gasteiger partial charge in [-0.05, 0) is 68.0 Å². The fraction of sp³-hybridized carbons (Fsp3) is 0.345. The first kappa shape index (κ1) is 25.8. The molecule has 1 N–H and O–H groups in total. The van der Waals surface area contributed by atoms with Crippen molar-refractivity contribution in [2.75, 3.05) is 4.90 Å². The second-order valence-corrected chi connectivity index (χ2v) is 11.0. The molecule has 5 rings (SSSR count). The zero-order valence-corrected chi connectivity index (χ0v) is 21.8. The van der Waals surface area contributed by atoms with Crippen LogP contribution in [0.3, 0.4) is 0 Å². The van der Waals surface area contributed by atoms with Crippen LogP contribution in [0.25, 0.3) is 5.69 Å². The van der Waals surface area contributed by atoms with E-state index in [0.29, 0.717) is 5.69 Å². The predicted octanol–water partition coefficient (Wildman–Crippen LogP) is 5.58. The first-order valence-electron chi connectivity index (χ1n) is 12.3. The fourth-order valence-electron chi connectivity index (χ4n) is 5.82. The van der Waals surface area contributed by atoms with Crippen molar-refractivity contribution < 1.29 is 22.8 Å². The number of alkyl halides is 3. The number of aryl methyl sites for hydroxylation is 3. The molecule has 1 unspecified atom stereocenters. The summed E-state index contributed by atoms with van der Waals surface area (Å²) >= 11 is 0. The highest BCUT2D eigenvalue weighted by Crippen LogP contribution is 2.58. The molecule has 1 amide bonds. The Morgan fingerprint density at radius 2 is 1.53 bits per heavy atom. The number of hydrogen-bond acceptors (Lipinski definition) is 3. The molecule has 0 radical (unpaired) electrons. The molecule has 3 aromatic rings. The number of amides is 1. The number of benzene rings is 2. The topological polar surface area (TPSA) is 75.2 Å². The molecular formula is C29H28F3N3O3. The SMILES string of the molecule is Cc1ccc(N2C(=O)C(c3c(C)[nH]n(-c4ccccc4)c3=O)(C(F)(F)F)C3=C2CC(C)(C)CC3=O)cc1C. The molecule has 1 aliphatic heterocycles. The predicted molar refractivity (Wildman–Crippen MR) is 137 cm³/mol. The first-order valence-corrected chi connectivity index (χ1v) is 12.3. The van der Waals surface area contributed by atoms with E-state index >= 15 is 13.2 Å². The molecule has 198 valence electrons. The summed E-state index contributed by atoms with van der Waals surface area (Å²) in [5.41, 5.74) is -4.44. The number of para-hydroxylation sites is 1. The number of carbonyl (C=O) groups is 2. The van der Waals surface area contributed by atoms with Crippen LogP contribution < -0.4 is 10.5 Å². The van der Waals surface area contributed by atoms with Crippen molar-refractivity contribution >= 4 is 17.4 Å². The number of aromatic nitrogens is 2. The molecule has 0 fully saturated rings. The zero-order chi connectivity index (χ0) is 27.8. The van der Waals surface area contributed by atoms with Crippen LogP contribution in [-0.4, -0.2) is 27.6 Å². The van der Waals surface area contributed by atoms with Crippen LogP contribution >= 0.6 is 0 Å². The van der Waals surface area contributed by atoms with Crippen LogP contribution in [0, 0.1) is 26.2 Å². The molecule has 1 aliphatic carbocycles. The van der Waals surface area contributed by atoms with Crippen molar-refractivity contribution in [1.29, 1.82) is 0 Å². The number of halogens is 3. The fourth-order valence-corrected chi connectivity index (χ4v) is 5.82. The van der Waals surface area contributed by atoms with E-state index in [0.717, 1.165) is 20.7 Å². The van der Waals surface area contributed by atoms with Crippen LogP contribution in [0.1, 0.15) is 49.1 Å². The summed E-state index contributed by atoms with van der Waals surface area (Å²) in [4.78, 5) is 42.7.